The van der Waals surface area contributed by atoms with Crippen LogP contribution in [0.4, 0.5) is 0 Å². The van der Waals surface area contributed by atoms with E-state index < -0.39 is 0 Å². The second kappa shape index (κ2) is 8.05. The van der Waals surface area contributed by atoms with Gasteiger partial charge in [0.15, 0.2) is 11.5 Å². The molecule has 5 nitrogen and oxygen atoms in total. The Balaban J connectivity index is 1.74. The molecule has 0 saturated carbocycles. The Kier molecular flexibility index (Phi) is 5.75. The van der Waals surface area contributed by atoms with Crippen molar-refractivity contribution in [2.75, 3.05) is 20.8 Å². The fourth-order valence-corrected chi connectivity index (χ4v) is 3.77. The van der Waals surface area contributed by atoms with Gasteiger partial charge in [0.25, 0.3) is 5.91 Å². The first-order chi connectivity index (χ1) is 13.0. The molecule has 0 aliphatic rings. The van der Waals surface area contributed by atoms with Crippen LogP contribution in [0.15, 0.2) is 34.8 Å². The lowest BCUT2D eigenvalue weighted by molar-refractivity contribution is 0.0953. The van der Waals surface area contributed by atoms with E-state index in [4.69, 9.17) is 9.47 Å². The summed E-state index contributed by atoms with van der Waals surface area (Å²) in [6, 6.07) is 9.31. The lowest BCUT2D eigenvalue weighted by Crippen LogP contribution is -2.25. The monoisotopic (exact) mass is 430 g/mol. The van der Waals surface area contributed by atoms with Gasteiger partial charge in [-0.2, -0.15) is 0 Å². The summed E-state index contributed by atoms with van der Waals surface area (Å²) in [4.78, 5) is 15.9. The first-order valence-corrected chi connectivity index (χ1v) is 9.52. The maximum atomic E-state index is 12.5. The van der Waals surface area contributed by atoms with E-state index in [-0.39, 0.29) is 5.91 Å². The standard InChI is InChI=1S/C21H23BrN2O3/c1-12-5-7-16(22)20-19(12)15(13(2)24-20)9-10-23-21(25)14-6-8-17(26-3)18(11-14)27-4/h5-8,11,24H,9-10H2,1-4H3,(H,23,25). The molecule has 2 N–H and O–H groups in total. The highest BCUT2D eigenvalue weighted by atomic mass is 79.9. The lowest BCUT2D eigenvalue weighted by Gasteiger charge is -2.10. The molecule has 0 spiro atoms. The molecule has 0 fully saturated rings. The lowest BCUT2D eigenvalue weighted by atomic mass is 10.0. The second-order valence-corrected chi connectivity index (χ2v) is 7.27. The van der Waals surface area contributed by atoms with Crippen LogP contribution in [0, 0.1) is 13.8 Å². The summed E-state index contributed by atoms with van der Waals surface area (Å²) in [5, 5.41) is 4.22. The van der Waals surface area contributed by atoms with Crippen molar-refractivity contribution in [3.8, 4) is 11.5 Å². The van der Waals surface area contributed by atoms with Crippen molar-refractivity contribution >= 4 is 32.7 Å². The highest BCUT2D eigenvalue weighted by Crippen LogP contribution is 2.31. The smallest absolute Gasteiger partial charge is 0.251 e. The van der Waals surface area contributed by atoms with E-state index in [1.807, 2.05) is 0 Å². The van der Waals surface area contributed by atoms with Crippen LogP contribution in [-0.2, 0) is 6.42 Å². The zero-order valence-electron chi connectivity index (χ0n) is 15.9. The van der Waals surface area contributed by atoms with Crippen LogP contribution >= 0.6 is 15.9 Å². The minimum Gasteiger partial charge on any atom is -0.493 e. The molecule has 0 atom stereocenters. The van der Waals surface area contributed by atoms with Crippen molar-refractivity contribution < 1.29 is 14.3 Å². The quantitative estimate of drug-likeness (QED) is 0.603. The molecule has 0 unspecified atom stereocenters. The van der Waals surface area contributed by atoms with Crippen LogP contribution in [0.1, 0.15) is 27.2 Å². The van der Waals surface area contributed by atoms with Crippen LogP contribution < -0.4 is 14.8 Å². The molecule has 1 amide bonds. The third-order valence-corrected chi connectivity index (χ3v) is 5.40. The Morgan fingerprint density at radius 3 is 2.56 bits per heavy atom. The zero-order chi connectivity index (χ0) is 19.6. The van der Waals surface area contributed by atoms with E-state index in [9.17, 15) is 4.79 Å². The highest BCUT2D eigenvalue weighted by Gasteiger charge is 2.14. The van der Waals surface area contributed by atoms with Crippen LogP contribution in [-0.4, -0.2) is 31.7 Å². The number of amides is 1. The number of carbonyl (C=O) groups is 1. The predicted octanol–water partition coefficient (Wildman–Crippen LogP) is 4.54. The highest BCUT2D eigenvalue weighted by molar-refractivity contribution is 9.10. The molecule has 0 aliphatic carbocycles. The number of aromatic amines is 1. The Hall–Kier alpha value is -2.47. The van der Waals surface area contributed by atoms with Crippen LogP contribution in [0.5, 0.6) is 11.5 Å². The molecular formula is C21H23BrN2O3. The average molecular weight is 431 g/mol. The molecule has 0 aliphatic heterocycles. The fraction of sp³-hybridized carbons (Fsp3) is 0.286. The molecule has 3 aromatic rings. The number of halogens is 1. The van der Waals surface area contributed by atoms with Gasteiger partial charge in [0.1, 0.15) is 0 Å². The molecule has 6 heteroatoms. The fourth-order valence-electron chi connectivity index (χ4n) is 3.34. The Bertz CT molecular complexity index is 995. The third-order valence-electron chi connectivity index (χ3n) is 4.74. The molecule has 0 radical (unpaired) electrons. The minimum absolute atomic E-state index is 0.133. The van der Waals surface area contributed by atoms with Crippen molar-refractivity contribution in [3.63, 3.8) is 0 Å². The van der Waals surface area contributed by atoms with E-state index in [0.29, 0.717) is 23.6 Å². The maximum Gasteiger partial charge on any atom is 0.251 e. The molecule has 27 heavy (non-hydrogen) atoms. The van der Waals surface area contributed by atoms with Gasteiger partial charge in [0.05, 0.1) is 19.7 Å². The van der Waals surface area contributed by atoms with Gasteiger partial charge in [0, 0.05) is 27.7 Å². The van der Waals surface area contributed by atoms with E-state index in [2.05, 4.69) is 52.2 Å². The number of benzene rings is 2. The number of ether oxygens (including phenoxy) is 2. The molecule has 1 aromatic heterocycles. The van der Waals surface area contributed by atoms with E-state index in [1.54, 1.807) is 32.4 Å². The summed E-state index contributed by atoms with van der Waals surface area (Å²) in [5.41, 5.74) is 5.23. The van der Waals surface area contributed by atoms with E-state index >= 15 is 0 Å². The number of fused-ring (bicyclic) bond motifs is 1. The molecule has 142 valence electrons. The van der Waals surface area contributed by atoms with Gasteiger partial charge >= 0.3 is 0 Å². The number of hydrogen-bond acceptors (Lipinski definition) is 3. The maximum absolute atomic E-state index is 12.5. The van der Waals surface area contributed by atoms with Crippen LogP contribution in [0.3, 0.4) is 0 Å². The molecule has 1 heterocycles. The molecule has 0 saturated heterocycles. The van der Waals surface area contributed by atoms with Gasteiger partial charge in [-0.25, -0.2) is 0 Å². The zero-order valence-corrected chi connectivity index (χ0v) is 17.5. The Morgan fingerprint density at radius 2 is 1.85 bits per heavy atom. The first kappa shape index (κ1) is 19.3. The molecule has 3 rings (SSSR count). The largest absolute Gasteiger partial charge is 0.493 e. The van der Waals surface area contributed by atoms with Crippen molar-refractivity contribution in [1.82, 2.24) is 10.3 Å². The summed E-state index contributed by atoms with van der Waals surface area (Å²) in [6.07, 6.45) is 0.752. The van der Waals surface area contributed by atoms with Crippen molar-refractivity contribution in [1.29, 1.82) is 0 Å². The van der Waals surface area contributed by atoms with Crippen LogP contribution in [0.25, 0.3) is 10.9 Å². The van der Waals surface area contributed by atoms with Gasteiger partial charge < -0.3 is 19.8 Å². The van der Waals surface area contributed by atoms with Gasteiger partial charge in [0.2, 0.25) is 0 Å². The second-order valence-electron chi connectivity index (χ2n) is 6.42. The number of nitrogens with one attached hydrogen (secondary N) is 2. The van der Waals surface area contributed by atoms with Gasteiger partial charge in [-0.1, -0.05) is 6.07 Å². The van der Waals surface area contributed by atoms with Gasteiger partial charge in [-0.3, -0.25) is 4.79 Å². The summed E-state index contributed by atoms with van der Waals surface area (Å²) >= 11 is 3.60. The van der Waals surface area contributed by atoms with E-state index in [0.717, 1.165) is 22.1 Å². The molecule has 2 aromatic carbocycles. The normalized spacial score (nSPS) is 10.9. The number of H-pyrrole nitrogens is 1. The van der Waals surface area contributed by atoms with Crippen molar-refractivity contribution in [3.05, 3.63) is 57.2 Å². The number of methoxy groups -OCH3 is 2. The number of hydrogen-bond donors (Lipinski definition) is 2. The molecular weight excluding hydrogens is 408 g/mol. The Morgan fingerprint density at radius 1 is 1.11 bits per heavy atom. The number of aryl methyl sites for hydroxylation is 2. The number of aromatic nitrogens is 1. The minimum atomic E-state index is -0.133. The topological polar surface area (TPSA) is 63.3 Å². The number of carbonyl (C=O) groups excluding carboxylic acids is 1. The summed E-state index contributed by atoms with van der Waals surface area (Å²) < 4.78 is 11.5. The SMILES string of the molecule is COc1ccc(C(=O)NCCc2c(C)[nH]c3c(Br)ccc(C)c23)cc1OC. The van der Waals surface area contributed by atoms with Gasteiger partial charge in [-0.15, -0.1) is 0 Å². The average Bonchev–Trinajstić information content (AvgIpc) is 3.01. The van der Waals surface area contributed by atoms with Gasteiger partial charge in [-0.05, 0) is 71.6 Å². The van der Waals surface area contributed by atoms with Crippen molar-refractivity contribution in [2.24, 2.45) is 0 Å². The summed E-state index contributed by atoms with van der Waals surface area (Å²) in [6.45, 7) is 4.72. The Labute approximate surface area is 167 Å². The van der Waals surface area contributed by atoms with Crippen LogP contribution in [0.2, 0.25) is 0 Å². The third kappa shape index (κ3) is 3.81. The predicted molar refractivity (Wildman–Crippen MR) is 111 cm³/mol. The van der Waals surface area contributed by atoms with E-state index in [1.165, 1.54) is 16.5 Å². The summed E-state index contributed by atoms with van der Waals surface area (Å²) in [7, 11) is 3.13. The number of rotatable bonds is 6. The first-order valence-electron chi connectivity index (χ1n) is 8.72. The summed E-state index contributed by atoms with van der Waals surface area (Å²) in [5.74, 6) is 1.01. The van der Waals surface area contributed by atoms with Crippen molar-refractivity contribution in [2.45, 2.75) is 20.3 Å². The molecule has 0 bridgehead atoms.